The van der Waals surface area contributed by atoms with Crippen LogP contribution in [0.1, 0.15) is 26.7 Å². The van der Waals surface area contributed by atoms with Crippen molar-refractivity contribution in [1.82, 2.24) is 5.32 Å². The standard InChI is InChI=1S/C10H19NO3/c1-7(2)9(10(12)13)11-6-8-4-3-5-14-8/h7-9,11H,3-6H2,1-2H3,(H,12,13)/t8-,9-/m1/s1. The molecule has 1 heterocycles. The molecule has 1 saturated heterocycles. The van der Waals surface area contributed by atoms with Gasteiger partial charge in [0.15, 0.2) is 0 Å². The van der Waals surface area contributed by atoms with Crippen molar-refractivity contribution in [2.24, 2.45) is 5.92 Å². The van der Waals surface area contributed by atoms with E-state index in [0.29, 0.717) is 6.54 Å². The first-order chi connectivity index (χ1) is 6.61. The fourth-order valence-corrected chi connectivity index (χ4v) is 1.67. The van der Waals surface area contributed by atoms with E-state index in [-0.39, 0.29) is 12.0 Å². The molecule has 2 N–H and O–H groups in total. The Bertz CT molecular complexity index is 188. The second-order valence-corrected chi connectivity index (χ2v) is 4.10. The second-order valence-electron chi connectivity index (χ2n) is 4.10. The second kappa shape index (κ2) is 5.32. The molecule has 2 atom stereocenters. The molecule has 0 bridgehead atoms. The number of ether oxygens (including phenoxy) is 1. The van der Waals surface area contributed by atoms with Crippen molar-refractivity contribution in [3.05, 3.63) is 0 Å². The topological polar surface area (TPSA) is 58.6 Å². The molecule has 0 saturated carbocycles. The van der Waals surface area contributed by atoms with Gasteiger partial charge >= 0.3 is 5.97 Å². The third-order valence-electron chi connectivity index (χ3n) is 2.52. The van der Waals surface area contributed by atoms with Gasteiger partial charge in [-0.2, -0.15) is 0 Å². The van der Waals surface area contributed by atoms with Crippen molar-refractivity contribution in [3.8, 4) is 0 Å². The third kappa shape index (κ3) is 3.27. The lowest BCUT2D eigenvalue weighted by molar-refractivity contribution is -0.140. The molecule has 0 radical (unpaired) electrons. The molecule has 0 aliphatic carbocycles. The number of carboxylic acid groups (broad SMARTS) is 1. The Morgan fingerprint density at radius 3 is 2.79 bits per heavy atom. The van der Waals surface area contributed by atoms with Crippen LogP contribution in [-0.2, 0) is 9.53 Å². The predicted molar refractivity (Wildman–Crippen MR) is 53.2 cm³/mol. The molecule has 4 nitrogen and oxygen atoms in total. The third-order valence-corrected chi connectivity index (χ3v) is 2.52. The van der Waals surface area contributed by atoms with E-state index in [2.05, 4.69) is 5.32 Å². The summed E-state index contributed by atoms with van der Waals surface area (Å²) in [6.07, 6.45) is 2.33. The Morgan fingerprint density at radius 1 is 1.64 bits per heavy atom. The van der Waals surface area contributed by atoms with Gasteiger partial charge in [-0.1, -0.05) is 13.8 Å². The number of aliphatic carboxylic acids is 1. The number of hydrogen-bond donors (Lipinski definition) is 2. The highest BCUT2D eigenvalue weighted by molar-refractivity contribution is 5.73. The number of hydrogen-bond acceptors (Lipinski definition) is 3. The summed E-state index contributed by atoms with van der Waals surface area (Å²) in [5, 5.41) is 12.0. The first-order valence-electron chi connectivity index (χ1n) is 5.19. The number of nitrogens with one attached hydrogen (secondary N) is 1. The molecule has 0 aromatic heterocycles. The van der Waals surface area contributed by atoms with Crippen molar-refractivity contribution in [2.75, 3.05) is 13.2 Å². The molecule has 0 aromatic rings. The van der Waals surface area contributed by atoms with Gasteiger partial charge in [0, 0.05) is 13.2 Å². The summed E-state index contributed by atoms with van der Waals surface area (Å²) in [5.74, 6) is -0.674. The van der Waals surface area contributed by atoms with Gasteiger partial charge in [0.1, 0.15) is 6.04 Å². The van der Waals surface area contributed by atoms with Crippen LogP contribution in [0.4, 0.5) is 0 Å². The lowest BCUT2D eigenvalue weighted by atomic mass is 10.0. The van der Waals surface area contributed by atoms with E-state index in [1.165, 1.54) is 0 Å². The molecule has 0 unspecified atom stereocenters. The zero-order chi connectivity index (χ0) is 10.6. The Kier molecular flexibility index (Phi) is 4.35. The fourth-order valence-electron chi connectivity index (χ4n) is 1.67. The van der Waals surface area contributed by atoms with E-state index >= 15 is 0 Å². The first-order valence-corrected chi connectivity index (χ1v) is 5.19. The van der Waals surface area contributed by atoms with Crippen LogP contribution in [-0.4, -0.2) is 36.4 Å². The summed E-state index contributed by atoms with van der Waals surface area (Å²) in [4.78, 5) is 10.8. The van der Waals surface area contributed by atoms with Gasteiger partial charge in [-0.15, -0.1) is 0 Å². The minimum absolute atomic E-state index is 0.105. The molecule has 1 rings (SSSR count). The molecule has 1 aliphatic heterocycles. The minimum atomic E-state index is -0.780. The van der Waals surface area contributed by atoms with Crippen molar-refractivity contribution in [2.45, 2.75) is 38.8 Å². The fraction of sp³-hybridized carbons (Fsp3) is 0.900. The van der Waals surface area contributed by atoms with Crippen molar-refractivity contribution in [1.29, 1.82) is 0 Å². The predicted octanol–water partition coefficient (Wildman–Crippen LogP) is 0.864. The van der Waals surface area contributed by atoms with Gasteiger partial charge in [0.2, 0.25) is 0 Å². The maximum Gasteiger partial charge on any atom is 0.320 e. The zero-order valence-corrected chi connectivity index (χ0v) is 8.82. The molecule has 14 heavy (non-hydrogen) atoms. The van der Waals surface area contributed by atoms with Crippen LogP contribution >= 0.6 is 0 Å². The highest BCUT2D eigenvalue weighted by atomic mass is 16.5. The summed E-state index contributed by atoms with van der Waals surface area (Å²) in [5.41, 5.74) is 0. The first kappa shape index (κ1) is 11.5. The van der Waals surface area contributed by atoms with Crippen molar-refractivity contribution < 1.29 is 14.6 Å². The highest BCUT2D eigenvalue weighted by Crippen LogP contribution is 2.11. The van der Waals surface area contributed by atoms with Crippen LogP contribution in [0.15, 0.2) is 0 Å². The van der Waals surface area contributed by atoms with Crippen molar-refractivity contribution in [3.63, 3.8) is 0 Å². The zero-order valence-electron chi connectivity index (χ0n) is 8.82. The van der Waals surface area contributed by atoms with Gasteiger partial charge in [0.05, 0.1) is 6.10 Å². The number of rotatable bonds is 5. The van der Waals surface area contributed by atoms with Crippen LogP contribution in [0.25, 0.3) is 0 Å². The molecular weight excluding hydrogens is 182 g/mol. The smallest absolute Gasteiger partial charge is 0.320 e. The summed E-state index contributed by atoms with van der Waals surface area (Å²) >= 11 is 0. The van der Waals surface area contributed by atoms with Gasteiger partial charge < -0.3 is 15.2 Å². The van der Waals surface area contributed by atoms with Gasteiger partial charge in [-0.3, -0.25) is 4.79 Å². The molecule has 4 heteroatoms. The lowest BCUT2D eigenvalue weighted by Gasteiger charge is -2.19. The highest BCUT2D eigenvalue weighted by Gasteiger charge is 2.23. The molecule has 1 aliphatic rings. The van der Waals surface area contributed by atoms with E-state index in [0.717, 1.165) is 19.4 Å². The van der Waals surface area contributed by atoms with E-state index in [9.17, 15) is 4.79 Å². The number of carbonyl (C=O) groups is 1. The van der Waals surface area contributed by atoms with Crippen LogP contribution < -0.4 is 5.32 Å². The van der Waals surface area contributed by atoms with Crippen LogP contribution in [0.3, 0.4) is 0 Å². The summed E-state index contributed by atoms with van der Waals surface area (Å²) in [6.45, 7) is 5.27. The van der Waals surface area contributed by atoms with E-state index in [1.54, 1.807) is 0 Å². The summed E-state index contributed by atoms with van der Waals surface area (Å²) in [6, 6.07) is -0.459. The molecular formula is C10H19NO3. The Morgan fingerprint density at radius 2 is 2.36 bits per heavy atom. The Labute approximate surface area is 84.6 Å². The molecule has 0 amide bonds. The normalized spacial score (nSPS) is 24.1. The maximum atomic E-state index is 10.8. The van der Waals surface area contributed by atoms with Gasteiger partial charge in [-0.05, 0) is 18.8 Å². The van der Waals surface area contributed by atoms with E-state index < -0.39 is 12.0 Å². The summed E-state index contributed by atoms with van der Waals surface area (Å²) < 4.78 is 5.41. The Balaban J connectivity index is 2.28. The molecule has 1 fully saturated rings. The SMILES string of the molecule is CC(C)[C@@H](NC[C@H]1CCCO1)C(=O)O. The van der Waals surface area contributed by atoms with Gasteiger partial charge in [-0.25, -0.2) is 0 Å². The largest absolute Gasteiger partial charge is 0.480 e. The number of carboxylic acids is 1. The lowest BCUT2D eigenvalue weighted by Crippen LogP contribution is -2.44. The molecule has 82 valence electrons. The van der Waals surface area contributed by atoms with Gasteiger partial charge in [0.25, 0.3) is 0 Å². The average molecular weight is 201 g/mol. The Hall–Kier alpha value is -0.610. The molecule has 0 aromatic carbocycles. The van der Waals surface area contributed by atoms with E-state index in [1.807, 2.05) is 13.8 Å². The molecule has 0 spiro atoms. The van der Waals surface area contributed by atoms with Crippen molar-refractivity contribution >= 4 is 5.97 Å². The minimum Gasteiger partial charge on any atom is -0.480 e. The monoisotopic (exact) mass is 201 g/mol. The van der Waals surface area contributed by atoms with Crippen LogP contribution in [0.2, 0.25) is 0 Å². The quantitative estimate of drug-likeness (QED) is 0.692. The summed E-state index contributed by atoms with van der Waals surface area (Å²) in [7, 11) is 0. The maximum absolute atomic E-state index is 10.8. The van der Waals surface area contributed by atoms with Crippen LogP contribution in [0, 0.1) is 5.92 Å². The average Bonchev–Trinajstić information content (AvgIpc) is 2.55. The van der Waals surface area contributed by atoms with E-state index in [4.69, 9.17) is 9.84 Å². The van der Waals surface area contributed by atoms with Crippen LogP contribution in [0.5, 0.6) is 0 Å².